The first-order valence-corrected chi connectivity index (χ1v) is 7.31. The van der Waals surface area contributed by atoms with Crippen LogP contribution in [0.25, 0.3) is 16.7 Å². The highest BCUT2D eigenvalue weighted by Crippen LogP contribution is 2.30. The van der Waals surface area contributed by atoms with E-state index >= 15 is 0 Å². The Morgan fingerprint density at radius 3 is 2.55 bits per heavy atom. The molecule has 0 amide bonds. The van der Waals surface area contributed by atoms with Gasteiger partial charge in [-0.25, -0.2) is 0 Å². The van der Waals surface area contributed by atoms with Crippen LogP contribution in [0.4, 0.5) is 0 Å². The van der Waals surface area contributed by atoms with Gasteiger partial charge in [0.15, 0.2) is 4.77 Å². The van der Waals surface area contributed by atoms with Crippen LogP contribution in [-0.4, -0.2) is 9.55 Å². The molecule has 102 valence electrons. The average Bonchev–Trinajstić information content (AvgIpc) is 2.69. The second-order valence-corrected chi connectivity index (χ2v) is 6.04. The maximum absolute atomic E-state index is 6.37. The first-order valence-electron chi connectivity index (χ1n) is 6.15. The number of aromatic nitrogens is 2. The van der Waals surface area contributed by atoms with Crippen molar-refractivity contribution in [3.05, 3.63) is 56.3 Å². The number of nitrogens with zero attached hydrogens (tertiary/aromatic N) is 1. The molecule has 0 aliphatic rings. The highest BCUT2D eigenvalue weighted by atomic mass is 35.5. The summed E-state index contributed by atoms with van der Waals surface area (Å²) < 4.78 is 2.53. The van der Waals surface area contributed by atoms with E-state index in [-0.39, 0.29) is 0 Å². The number of halogens is 2. The Morgan fingerprint density at radius 2 is 1.80 bits per heavy atom. The van der Waals surface area contributed by atoms with Crippen LogP contribution in [-0.2, 0) is 0 Å². The zero-order valence-electron chi connectivity index (χ0n) is 11.0. The van der Waals surface area contributed by atoms with Gasteiger partial charge in [-0.2, -0.15) is 0 Å². The smallest absolute Gasteiger partial charge is 0.182 e. The topological polar surface area (TPSA) is 20.7 Å². The van der Waals surface area contributed by atoms with Gasteiger partial charge in [0.25, 0.3) is 0 Å². The number of nitrogens with one attached hydrogen (secondary N) is 1. The molecule has 1 aromatic heterocycles. The number of hydrogen-bond acceptors (Lipinski definition) is 1. The Labute approximate surface area is 132 Å². The minimum Gasteiger partial charge on any atom is -0.330 e. The summed E-state index contributed by atoms with van der Waals surface area (Å²) >= 11 is 18.0. The Kier molecular flexibility index (Phi) is 3.36. The second-order valence-electron chi connectivity index (χ2n) is 4.84. The molecule has 3 aromatic rings. The summed E-state index contributed by atoms with van der Waals surface area (Å²) in [5.74, 6) is 0. The number of benzene rings is 2. The van der Waals surface area contributed by atoms with Gasteiger partial charge in [-0.05, 0) is 61.5 Å². The zero-order chi connectivity index (χ0) is 14.4. The maximum Gasteiger partial charge on any atom is 0.182 e. The minimum absolute atomic E-state index is 0.604. The molecule has 0 aliphatic carbocycles. The molecule has 0 bridgehead atoms. The van der Waals surface area contributed by atoms with E-state index in [1.807, 2.05) is 42.7 Å². The van der Waals surface area contributed by atoms with Crippen LogP contribution >= 0.6 is 35.4 Å². The lowest BCUT2D eigenvalue weighted by Gasteiger charge is -2.10. The predicted molar refractivity (Wildman–Crippen MR) is 88.0 cm³/mol. The second kappa shape index (κ2) is 4.92. The fraction of sp³-hybridized carbons (Fsp3) is 0.133. The third-order valence-corrected chi connectivity index (χ3v) is 4.30. The van der Waals surface area contributed by atoms with E-state index in [0.29, 0.717) is 14.8 Å². The van der Waals surface area contributed by atoms with E-state index in [2.05, 4.69) is 11.1 Å². The highest BCUT2D eigenvalue weighted by Gasteiger charge is 2.12. The molecule has 0 radical (unpaired) electrons. The molecule has 0 atom stereocenters. The Morgan fingerprint density at radius 1 is 1.05 bits per heavy atom. The lowest BCUT2D eigenvalue weighted by atomic mass is 10.2. The van der Waals surface area contributed by atoms with Crippen LogP contribution in [0.15, 0.2) is 30.3 Å². The number of rotatable bonds is 1. The van der Waals surface area contributed by atoms with Gasteiger partial charge in [0, 0.05) is 5.02 Å². The van der Waals surface area contributed by atoms with Crippen molar-refractivity contribution >= 4 is 46.5 Å². The van der Waals surface area contributed by atoms with Crippen molar-refractivity contribution < 1.29 is 0 Å². The Bertz CT molecular complexity index is 877. The summed E-state index contributed by atoms with van der Waals surface area (Å²) in [5.41, 5.74) is 4.88. The van der Waals surface area contributed by atoms with Crippen LogP contribution < -0.4 is 0 Å². The highest BCUT2D eigenvalue weighted by molar-refractivity contribution is 7.71. The molecule has 2 aromatic carbocycles. The van der Waals surface area contributed by atoms with Crippen LogP contribution in [0.5, 0.6) is 0 Å². The molecule has 1 heterocycles. The lowest BCUT2D eigenvalue weighted by molar-refractivity contribution is 1.06. The minimum atomic E-state index is 0.604. The molecule has 0 saturated carbocycles. The number of aryl methyl sites for hydroxylation is 2. The van der Waals surface area contributed by atoms with Gasteiger partial charge in [-0.3, -0.25) is 4.57 Å². The van der Waals surface area contributed by atoms with Crippen molar-refractivity contribution in [1.82, 2.24) is 9.55 Å². The van der Waals surface area contributed by atoms with Gasteiger partial charge in [-0.15, -0.1) is 0 Å². The monoisotopic (exact) mass is 322 g/mol. The molecule has 0 aliphatic heterocycles. The maximum atomic E-state index is 6.37. The molecular formula is C15H12Cl2N2S. The number of aromatic amines is 1. The van der Waals surface area contributed by atoms with E-state index in [9.17, 15) is 0 Å². The van der Waals surface area contributed by atoms with E-state index in [4.69, 9.17) is 35.4 Å². The quantitative estimate of drug-likeness (QED) is 0.577. The third-order valence-electron chi connectivity index (χ3n) is 3.31. The summed E-state index contributed by atoms with van der Waals surface area (Å²) in [6.45, 7) is 3.97. The zero-order valence-corrected chi connectivity index (χ0v) is 13.3. The summed E-state index contributed by atoms with van der Waals surface area (Å²) in [4.78, 5) is 3.19. The Balaban J connectivity index is 2.40. The van der Waals surface area contributed by atoms with Crippen LogP contribution in [0, 0.1) is 18.6 Å². The van der Waals surface area contributed by atoms with E-state index in [1.54, 1.807) is 0 Å². The normalized spacial score (nSPS) is 11.2. The largest absolute Gasteiger partial charge is 0.330 e. The SMILES string of the molecule is Cc1ccc2[nH]c(=S)n(-c3cc(Cl)c(C)cc3Cl)c2c1. The fourth-order valence-corrected chi connectivity index (χ4v) is 3.03. The van der Waals surface area contributed by atoms with Crippen LogP contribution in [0.1, 0.15) is 11.1 Å². The average molecular weight is 323 g/mol. The van der Waals surface area contributed by atoms with Crippen molar-refractivity contribution in [1.29, 1.82) is 0 Å². The molecule has 0 spiro atoms. The first kappa shape index (κ1) is 13.7. The van der Waals surface area contributed by atoms with Gasteiger partial charge < -0.3 is 4.98 Å². The third kappa shape index (κ3) is 2.16. The number of imidazole rings is 1. The van der Waals surface area contributed by atoms with Gasteiger partial charge in [0.05, 0.1) is 21.7 Å². The molecular weight excluding hydrogens is 311 g/mol. The first-order chi connectivity index (χ1) is 9.47. The Hall–Kier alpha value is -1.29. The lowest BCUT2D eigenvalue weighted by Crippen LogP contribution is -1.96. The molecule has 5 heteroatoms. The van der Waals surface area contributed by atoms with Gasteiger partial charge >= 0.3 is 0 Å². The van der Waals surface area contributed by atoms with E-state index < -0.39 is 0 Å². The standard InChI is InChI=1S/C15H12Cl2N2S/c1-8-3-4-12-14(5-8)19(15(20)18-12)13-7-10(16)9(2)6-11(13)17/h3-7H,1-2H3,(H,18,20). The van der Waals surface area contributed by atoms with E-state index in [0.717, 1.165) is 27.8 Å². The summed E-state index contributed by atoms with van der Waals surface area (Å²) in [6, 6.07) is 9.84. The fourth-order valence-electron chi connectivity index (χ4n) is 2.26. The molecule has 1 N–H and O–H groups in total. The van der Waals surface area contributed by atoms with Crippen molar-refractivity contribution in [2.75, 3.05) is 0 Å². The van der Waals surface area contributed by atoms with Crippen molar-refractivity contribution in [2.45, 2.75) is 13.8 Å². The number of hydrogen-bond donors (Lipinski definition) is 1. The van der Waals surface area contributed by atoms with Crippen molar-refractivity contribution in [3.63, 3.8) is 0 Å². The van der Waals surface area contributed by atoms with Gasteiger partial charge in [-0.1, -0.05) is 29.3 Å². The number of H-pyrrole nitrogens is 1. The van der Waals surface area contributed by atoms with Crippen molar-refractivity contribution in [2.24, 2.45) is 0 Å². The molecule has 3 rings (SSSR count). The van der Waals surface area contributed by atoms with Crippen LogP contribution in [0.3, 0.4) is 0 Å². The number of fused-ring (bicyclic) bond motifs is 1. The molecule has 0 saturated heterocycles. The molecule has 0 unspecified atom stereocenters. The predicted octanol–water partition coefficient (Wildman–Crippen LogP) is 5.61. The summed E-state index contributed by atoms with van der Waals surface area (Å²) in [5, 5.41) is 1.30. The van der Waals surface area contributed by atoms with Gasteiger partial charge in [0.1, 0.15) is 0 Å². The van der Waals surface area contributed by atoms with Crippen LogP contribution in [0.2, 0.25) is 10.0 Å². The molecule has 0 fully saturated rings. The van der Waals surface area contributed by atoms with E-state index in [1.165, 1.54) is 0 Å². The van der Waals surface area contributed by atoms with Crippen molar-refractivity contribution in [3.8, 4) is 5.69 Å². The summed E-state index contributed by atoms with van der Waals surface area (Å²) in [7, 11) is 0. The molecule has 2 nitrogen and oxygen atoms in total. The summed E-state index contributed by atoms with van der Waals surface area (Å²) in [6.07, 6.45) is 0. The molecule has 20 heavy (non-hydrogen) atoms. The van der Waals surface area contributed by atoms with Gasteiger partial charge in [0.2, 0.25) is 0 Å².